The van der Waals surface area contributed by atoms with E-state index in [2.05, 4.69) is 0 Å². The van der Waals surface area contributed by atoms with E-state index in [1.165, 1.54) is 4.90 Å². The SMILES string of the molecule is NCCc1ccc(C(=O)N2CCC[C@@H]2C(=O)O)cc1. The van der Waals surface area contributed by atoms with Gasteiger partial charge >= 0.3 is 5.97 Å². The smallest absolute Gasteiger partial charge is 0.326 e. The van der Waals surface area contributed by atoms with Crippen LogP contribution in [0.2, 0.25) is 0 Å². The third kappa shape index (κ3) is 2.93. The summed E-state index contributed by atoms with van der Waals surface area (Å²) in [5.74, 6) is -1.13. The summed E-state index contributed by atoms with van der Waals surface area (Å²) in [7, 11) is 0. The van der Waals surface area contributed by atoms with Crippen molar-refractivity contribution >= 4 is 11.9 Å². The second kappa shape index (κ2) is 5.84. The number of carbonyl (C=O) groups is 2. The van der Waals surface area contributed by atoms with Crippen molar-refractivity contribution in [2.75, 3.05) is 13.1 Å². The average molecular weight is 262 g/mol. The van der Waals surface area contributed by atoms with Crippen molar-refractivity contribution < 1.29 is 14.7 Å². The Morgan fingerprint density at radius 1 is 1.32 bits per heavy atom. The van der Waals surface area contributed by atoms with E-state index in [4.69, 9.17) is 10.8 Å². The number of hydrogen-bond donors (Lipinski definition) is 2. The summed E-state index contributed by atoms with van der Waals surface area (Å²) in [6.45, 7) is 1.08. The molecule has 102 valence electrons. The van der Waals surface area contributed by atoms with Crippen molar-refractivity contribution in [2.24, 2.45) is 5.73 Å². The molecule has 19 heavy (non-hydrogen) atoms. The molecule has 0 bridgehead atoms. The third-order valence-electron chi connectivity index (χ3n) is 3.43. The van der Waals surface area contributed by atoms with Gasteiger partial charge in [-0.2, -0.15) is 0 Å². The molecule has 1 aliphatic heterocycles. The van der Waals surface area contributed by atoms with Gasteiger partial charge in [0.1, 0.15) is 6.04 Å². The number of carboxylic acids is 1. The second-order valence-corrected chi connectivity index (χ2v) is 4.73. The number of carbonyl (C=O) groups excluding carboxylic acids is 1. The number of aliphatic carboxylic acids is 1. The van der Waals surface area contributed by atoms with Gasteiger partial charge in [0.25, 0.3) is 5.91 Å². The lowest BCUT2D eigenvalue weighted by atomic mass is 10.1. The lowest BCUT2D eigenvalue weighted by Gasteiger charge is -2.21. The molecule has 1 aliphatic rings. The van der Waals surface area contributed by atoms with E-state index in [1.54, 1.807) is 12.1 Å². The largest absolute Gasteiger partial charge is 0.480 e. The number of benzene rings is 1. The van der Waals surface area contributed by atoms with Gasteiger partial charge in [-0.05, 0) is 43.5 Å². The summed E-state index contributed by atoms with van der Waals surface area (Å²) in [4.78, 5) is 24.8. The molecule has 0 spiro atoms. The predicted octanol–water partition coefficient (Wildman–Crippen LogP) is 0.877. The molecule has 0 saturated carbocycles. The minimum atomic E-state index is -0.925. The molecule has 1 heterocycles. The maximum Gasteiger partial charge on any atom is 0.326 e. The summed E-state index contributed by atoms with van der Waals surface area (Å²) in [6.07, 6.45) is 2.05. The second-order valence-electron chi connectivity index (χ2n) is 4.73. The van der Waals surface area contributed by atoms with Crippen LogP contribution >= 0.6 is 0 Å². The fraction of sp³-hybridized carbons (Fsp3) is 0.429. The molecule has 1 aromatic carbocycles. The number of hydrogen-bond acceptors (Lipinski definition) is 3. The first-order chi connectivity index (χ1) is 9.13. The monoisotopic (exact) mass is 262 g/mol. The van der Waals surface area contributed by atoms with Crippen LogP contribution in [0.1, 0.15) is 28.8 Å². The molecule has 5 nitrogen and oxygen atoms in total. The molecule has 0 unspecified atom stereocenters. The summed E-state index contributed by atoms with van der Waals surface area (Å²) < 4.78 is 0. The van der Waals surface area contributed by atoms with Crippen molar-refractivity contribution in [3.05, 3.63) is 35.4 Å². The van der Waals surface area contributed by atoms with Crippen LogP contribution in [0.4, 0.5) is 0 Å². The summed E-state index contributed by atoms with van der Waals surface area (Å²) in [6, 6.07) is 6.53. The van der Waals surface area contributed by atoms with Gasteiger partial charge in [0.2, 0.25) is 0 Å². The normalized spacial score (nSPS) is 18.6. The number of carboxylic acid groups (broad SMARTS) is 1. The Kier molecular flexibility index (Phi) is 4.16. The zero-order chi connectivity index (χ0) is 13.8. The molecule has 1 amide bonds. The zero-order valence-electron chi connectivity index (χ0n) is 10.7. The van der Waals surface area contributed by atoms with Crippen molar-refractivity contribution in [2.45, 2.75) is 25.3 Å². The van der Waals surface area contributed by atoms with Crippen LogP contribution in [0.25, 0.3) is 0 Å². The number of amides is 1. The molecule has 1 saturated heterocycles. The summed E-state index contributed by atoms with van der Waals surface area (Å²) in [5, 5.41) is 9.09. The molecule has 5 heteroatoms. The molecule has 2 rings (SSSR count). The van der Waals surface area contributed by atoms with E-state index in [-0.39, 0.29) is 5.91 Å². The third-order valence-corrected chi connectivity index (χ3v) is 3.43. The van der Waals surface area contributed by atoms with Crippen LogP contribution in [-0.4, -0.2) is 41.0 Å². The Morgan fingerprint density at radius 2 is 2.00 bits per heavy atom. The number of rotatable bonds is 4. The van der Waals surface area contributed by atoms with E-state index in [9.17, 15) is 9.59 Å². The molecule has 1 aromatic rings. The Labute approximate surface area is 112 Å². The molecule has 3 N–H and O–H groups in total. The molecular formula is C14H18N2O3. The summed E-state index contributed by atoms with van der Waals surface area (Å²) >= 11 is 0. The van der Waals surface area contributed by atoms with Crippen LogP contribution < -0.4 is 5.73 Å². The molecule has 0 aliphatic carbocycles. The average Bonchev–Trinajstić information content (AvgIpc) is 2.88. The van der Waals surface area contributed by atoms with Crippen molar-refractivity contribution in [3.8, 4) is 0 Å². The fourth-order valence-corrected chi connectivity index (χ4v) is 2.41. The molecule has 0 radical (unpaired) electrons. The zero-order valence-corrected chi connectivity index (χ0v) is 10.7. The molecule has 1 atom stereocenters. The summed E-state index contributed by atoms with van der Waals surface area (Å²) in [5.41, 5.74) is 7.08. The minimum Gasteiger partial charge on any atom is -0.480 e. The quantitative estimate of drug-likeness (QED) is 0.843. The van der Waals surface area contributed by atoms with Gasteiger partial charge in [0, 0.05) is 12.1 Å². The highest BCUT2D eigenvalue weighted by Crippen LogP contribution is 2.20. The van der Waals surface area contributed by atoms with Gasteiger partial charge in [0.15, 0.2) is 0 Å². The van der Waals surface area contributed by atoms with E-state index in [0.717, 1.165) is 18.4 Å². The van der Waals surface area contributed by atoms with Crippen LogP contribution in [0.3, 0.4) is 0 Å². The Hall–Kier alpha value is -1.88. The predicted molar refractivity (Wildman–Crippen MR) is 70.9 cm³/mol. The maximum absolute atomic E-state index is 12.3. The van der Waals surface area contributed by atoms with Crippen LogP contribution in [0, 0.1) is 0 Å². The van der Waals surface area contributed by atoms with Gasteiger partial charge < -0.3 is 15.7 Å². The Balaban J connectivity index is 2.12. The first-order valence-corrected chi connectivity index (χ1v) is 6.46. The van der Waals surface area contributed by atoms with Crippen molar-refractivity contribution in [1.82, 2.24) is 4.90 Å². The maximum atomic E-state index is 12.3. The first-order valence-electron chi connectivity index (χ1n) is 6.46. The van der Waals surface area contributed by atoms with E-state index >= 15 is 0 Å². The van der Waals surface area contributed by atoms with Gasteiger partial charge in [-0.3, -0.25) is 4.79 Å². The highest BCUT2D eigenvalue weighted by molar-refractivity contribution is 5.97. The Morgan fingerprint density at radius 3 is 2.58 bits per heavy atom. The van der Waals surface area contributed by atoms with Crippen LogP contribution in [0.5, 0.6) is 0 Å². The van der Waals surface area contributed by atoms with Crippen molar-refractivity contribution in [1.29, 1.82) is 0 Å². The standard InChI is InChI=1S/C14H18N2O3/c15-8-7-10-3-5-11(6-4-10)13(17)16-9-1-2-12(16)14(18)19/h3-6,12H,1-2,7-9,15H2,(H,18,19)/t12-/m1/s1. The first kappa shape index (κ1) is 13.5. The van der Waals surface area contributed by atoms with Crippen LogP contribution in [0.15, 0.2) is 24.3 Å². The van der Waals surface area contributed by atoms with Gasteiger partial charge in [-0.1, -0.05) is 12.1 Å². The molecule has 0 aromatic heterocycles. The van der Waals surface area contributed by atoms with Crippen molar-refractivity contribution in [3.63, 3.8) is 0 Å². The highest BCUT2D eigenvalue weighted by Gasteiger charge is 2.34. The topological polar surface area (TPSA) is 83.6 Å². The minimum absolute atomic E-state index is 0.204. The fourth-order valence-electron chi connectivity index (χ4n) is 2.41. The molecular weight excluding hydrogens is 244 g/mol. The lowest BCUT2D eigenvalue weighted by molar-refractivity contribution is -0.141. The number of likely N-dealkylation sites (tertiary alicyclic amines) is 1. The number of nitrogens with two attached hydrogens (primary N) is 1. The molecule has 1 fully saturated rings. The van der Waals surface area contributed by atoms with E-state index in [1.807, 2.05) is 12.1 Å². The van der Waals surface area contributed by atoms with E-state index in [0.29, 0.717) is 25.1 Å². The lowest BCUT2D eigenvalue weighted by Crippen LogP contribution is -2.40. The Bertz CT molecular complexity index is 470. The van der Waals surface area contributed by atoms with Gasteiger partial charge in [-0.15, -0.1) is 0 Å². The van der Waals surface area contributed by atoms with Gasteiger partial charge in [-0.25, -0.2) is 4.79 Å². The van der Waals surface area contributed by atoms with Gasteiger partial charge in [0.05, 0.1) is 0 Å². The van der Waals surface area contributed by atoms with E-state index < -0.39 is 12.0 Å². The number of nitrogens with zero attached hydrogens (tertiary/aromatic N) is 1. The highest BCUT2D eigenvalue weighted by atomic mass is 16.4. The van der Waals surface area contributed by atoms with Crippen LogP contribution in [-0.2, 0) is 11.2 Å².